The van der Waals surface area contributed by atoms with Crippen LogP contribution in [0.15, 0.2) is 18.2 Å². The summed E-state index contributed by atoms with van der Waals surface area (Å²) in [4.78, 5) is 2.56. The van der Waals surface area contributed by atoms with Crippen molar-refractivity contribution in [2.75, 3.05) is 26.7 Å². The van der Waals surface area contributed by atoms with Crippen LogP contribution in [0.1, 0.15) is 18.4 Å². The third-order valence-electron chi connectivity index (χ3n) is 4.14. The zero-order chi connectivity index (χ0) is 13.2. The van der Waals surface area contributed by atoms with Gasteiger partial charge in [-0.1, -0.05) is 11.6 Å². The predicted octanol–water partition coefficient (Wildman–Crippen LogP) is 2.33. The van der Waals surface area contributed by atoms with Crippen LogP contribution >= 0.6 is 11.6 Å². The van der Waals surface area contributed by atoms with Crippen molar-refractivity contribution >= 4 is 11.6 Å². The maximum atomic E-state index is 6.03. The van der Waals surface area contributed by atoms with Crippen molar-refractivity contribution in [2.24, 2.45) is 0 Å². The first-order valence-corrected chi connectivity index (χ1v) is 7.48. The molecule has 0 aromatic heterocycles. The number of nitrogens with zero attached hydrogens (tertiary/aromatic N) is 1. The molecule has 2 atom stereocenters. The highest BCUT2D eigenvalue weighted by molar-refractivity contribution is 6.30. The Bertz CT molecular complexity index is 452. The number of halogens is 1. The van der Waals surface area contributed by atoms with Crippen LogP contribution in [0.4, 0.5) is 0 Å². The molecule has 3 rings (SSSR count). The number of hydrogen-bond donors (Lipinski definition) is 1. The Labute approximate surface area is 119 Å². The molecule has 0 bridgehead atoms. The van der Waals surface area contributed by atoms with Gasteiger partial charge in [0, 0.05) is 30.6 Å². The van der Waals surface area contributed by atoms with Crippen molar-refractivity contribution in [1.82, 2.24) is 10.2 Å². The van der Waals surface area contributed by atoms with Crippen molar-refractivity contribution in [3.05, 3.63) is 28.8 Å². The van der Waals surface area contributed by atoms with E-state index in [1.165, 1.54) is 24.9 Å². The summed E-state index contributed by atoms with van der Waals surface area (Å²) in [5.74, 6) is 1.01. The Morgan fingerprint density at radius 1 is 1.47 bits per heavy atom. The molecule has 3 nitrogen and oxygen atoms in total. The molecule has 2 aliphatic heterocycles. The third kappa shape index (κ3) is 2.88. The van der Waals surface area contributed by atoms with E-state index in [4.69, 9.17) is 16.3 Å². The second kappa shape index (κ2) is 5.70. The first kappa shape index (κ1) is 13.2. The van der Waals surface area contributed by atoms with Crippen LogP contribution in [-0.2, 0) is 6.42 Å². The second-order valence-corrected chi connectivity index (χ2v) is 5.98. The largest absolute Gasteiger partial charge is 0.488 e. The monoisotopic (exact) mass is 280 g/mol. The average Bonchev–Trinajstić information content (AvgIpc) is 2.97. The Hall–Kier alpha value is -0.770. The maximum Gasteiger partial charge on any atom is 0.123 e. The predicted molar refractivity (Wildman–Crippen MR) is 78.1 cm³/mol. The molecule has 2 unspecified atom stereocenters. The van der Waals surface area contributed by atoms with Gasteiger partial charge in [0.05, 0.1) is 0 Å². The average molecular weight is 281 g/mol. The second-order valence-electron chi connectivity index (χ2n) is 5.54. The highest BCUT2D eigenvalue weighted by Crippen LogP contribution is 2.32. The van der Waals surface area contributed by atoms with Crippen molar-refractivity contribution in [1.29, 1.82) is 0 Å². The van der Waals surface area contributed by atoms with Gasteiger partial charge in [0.2, 0.25) is 0 Å². The number of fused-ring (bicyclic) bond motifs is 1. The van der Waals surface area contributed by atoms with Gasteiger partial charge in [-0.25, -0.2) is 0 Å². The summed E-state index contributed by atoms with van der Waals surface area (Å²) in [5, 5.41) is 4.09. The van der Waals surface area contributed by atoms with Crippen LogP contribution in [-0.4, -0.2) is 43.7 Å². The molecule has 0 radical (unpaired) electrons. The summed E-state index contributed by atoms with van der Waals surface area (Å²) in [6.45, 7) is 3.30. The molecule has 0 saturated carbocycles. The van der Waals surface area contributed by atoms with Gasteiger partial charge >= 0.3 is 0 Å². The van der Waals surface area contributed by atoms with Gasteiger partial charge in [0.1, 0.15) is 11.9 Å². The van der Waals surface area contributed by atoms with Crippen molar-refractivity contribution in [3.63, 3.8) is 0 Å². The normalized spacial score (nSPS) is 26.4. The summed E-state index contributed by atoms with van der Waals surface area (Å²) < 4.78 is 6.03. The summed E-state index contributed by atoms with van der Waals surface area (Å²) in [6.07, 6.45) is 3.87. The number of nitrogens with one attached hydrogen (secondary N) is 1. The van der Waals surface area contributed by atoms with Crippen LogP contribution < -0.4 is 10.1 Å². The molecule has 19 heavy (non-hydrogen) atoms. The molecule has 1 N–H and O–H groups in total. The van der Waals surface area contributed by atoms with E-state index in [-0.39, 0.29) is 6.10 Å². The van der Waals surface area contributed by atoms with E-state index in [9.17, 15) is 0 Å². The van der Waals surface area contributed by atoms with Gasteiger partial charge in [-0.05, 0) is 50.2 Å². The van der Waals surface area contributed by atoms with Crippen LogP contribution in [0, 0.1) is 0 Å². The summed E-state index contributed by atoms with van der Waals surface area (Å²) >= 11 is 6.03. The molecular weight excluding hydrogens is 260 g/mol. The molecule has 0 amide bonds. The molecule has 1 fully saturated rings. The van der Waals surface area contributed by atoms with E-state index in [1.54, 1.807) is 0 Å². The molecule has 0 spiro atoms. The Morgan fingerprint density at radius 3 is 3.21 bits per heavy atom. The smallest absolute Gasteiger partial charge is 0.123 e. The number of hydrogen-bond acceptors (Lipinski definition) is 3. The molecule has 2 aliphatic rings. The minimum atomic E-state index is 0.283. The lowest BCUT2D eigenvalue weighted by molar-refractivity contribution is 0.141. The van der Waals surface area contributed by atoms with Gasteiger partial charge in [-0.15, -0.1) is 0 Å². The molecule has 1 aromatic carbocycles. The van der Waals surface area contributed by atoms with E-state index in [0.717, 1.165) is 30.3 Å². The minimum Gasteiger partial charge on any atom is -0.488 e. The Morgan fingerprint density at radius 2 is 2.37 bits per heavy atom. The topological polar surface area (TPSA) is 24.5 Å². The molecule has 0 aliphatic carbocycles. The molecule has 1 aromatic rings. The SMILES string of the molecule is CNCC1CCCN1CC1Cc2cc(Cl)ccc2O1. The van der Waals surface area contributed by atoms with Crippen LogP contribution in [0.25, 0.3) is 0 Å². The highest BCUT2D eigenvalue weighted by atomic mass is 35.5. The fourth-order valence-corrected chi connectivity index (χ4v) is 3.45. The summed E-state index contributed by atoms with van der Waals surface area (Å²) in [7, 11) is 2.03. The third-order valence-corrected chi connectivity index (χ3v) is 4.38. The molecule has 104 valence electrons. The molecule has 4 heteroatoms. The zero-order valence-electron chi connectivity index (χ0n) is 11.4. The number of ether oxygens (including phenoxy) is 1. The Kier molecular flexibility index (Phi) is 3.96. The lowest BCUT2D eigenvalue weighted by Gasteiger charge is -2.26. The van der Waals surface area contributed by atoms with E-state index >= 15 is 0 Å². The number of benzene rings is 1. The fourth-order valence-electron chi connectivity index (χ4n) is 3.25. The molecule has 2 heterocycles. The van der Waals surface area contributed by atoms with E-state index in [1.807, 2.05) is 25.2 Å². The number of likely N-dealkylation sites (N-methyl/N-ethyl adjacent to an activating group) is 1. The van der Waals surface area contributed by atoms with E-state index < -0.39 is 0 Å². The number of likely N-dealkylation sites (tertiary alicyclic amines) is 1. The van der Waals surface area contributed by atoms with Gasteiger partial charge in [0.15, 0.2) is 0 Å². The van der Waals surface area contributed by atoms with Gasteiger partial charge in [-0.3, -0.25) is 4.90 Å². The first-order chi connectivity index (χ1) is 9.26. The molecule has 1 saturated heterocycles. The summed E-state index contributed by atoms with van der Waals surface area (Å²) in [5.41, 5.74) is 1.25. The van der Waals surface area contributed by atoms with E-state index in [2.05, 4.69) is 10.2 Å². The fraction of sp³-hybridized carbons (Fsp3) is 0.600. The molecular formula is C15H21ClN2O. The van der Waals surface area contributed by atoms with E-state index in [0.29, 0.717) is 6.04 Å². The van der Waals surface area contributed by atoms with Gasteiger partial charge in [0.25, 0.3) is 0 Å². The first-order valence-electron chi connectivity index (χ1n) is 7.10. The standard InChI is InChI=1S/C15H21ClN2O/c1-17-9-13-3-2-6-18(13)10-14-8-11-7-12(16)4-5-15(11)19-14/h4-5,7,13-14,17H,2-3,6,8-10H2,1H3. The van der Waals surface area contributed by atoms with Crippen molar-refractivity contribution in [3.8, 4) is 5.75 Å². The number of rotatable bonds is 4. The zero-order valence-corrected chi connectivity index (χ0v) is 12.1. The summed E-state index contributed by atoms with van der Waals surface area (Å²) in [6, 6.07) is 6.60. The van der Waals surface area contributed by atoms with Gasteiger partial charge in [-0.2, -0.15) is 0 Å². The van der Waals surface area contributed by atoms with Crippen molar-refractivity contribution < 1.29 is 4.74 Å². The highest BCUT2D eigenvalue weighted by Gasteiger charge is 2.30. The Balaban J connectivity index is 1.61. The maximum absolute atomic E-state index is 6.03. The van der Waals surface area contributed by atoms with Crippen LogP contribution in [0.3, 0.4) is 0 Å². The van der Waals surface area contributed by atoms with Gasteiger partial charge < -0.3 is 10.1 Å². The van der Waals surface area contributed by atoms with Crippen LogP contribution in [0.2, 0.25) is 5.02 Å². The lowest BCUT2D eigenvalue weighted by Crippen LogP contribution is -2.42. The minimum absolute atomic E-state index is 0.283. The van der Waals surface area contributed by atoms with Crippen molar-refractivity contribution in [2.45, 2.75) is 31.4 Å². The van der Waals surface area contributed by atoms with Crippen LogP contribution in [0.5, 0.6) is 5.75 Å². The lowest BCUT2D eigenvalue weighted by atomic mass is 10.1. The quantitative estimate of drug-likeness (QED) is 0.916.